The first-order chi connectivity index (χ1) is 6.82. The van der Waals surface area contributed by atoms with Crippen molar-refractivity contribution in [2.45, 2.75) is 25.8 Å². The van der Waals surface area contributed by atoms with Crippen molar-refractivity contribution in [3.63, 3.8) is 0 Å². The maximum atomic E-state index is 13.2. The maximum Gasteiger partial charge on any atom is 0.162 e. The Kier molecular flexibility index (Phi) is 3.19. The SMILES string of the molecule is CC(C)(N)C(=O)Cc1cccc(F)c1F. The number of carbonyl (C=O) groups excluding carboxylic acids is 1. The number of hydrogen-bond acceptors (Lipinski definition) is 2. The first-order valence-electron chi connectivity index (χ1n) is 4.57. The first-order valence-corrected chi connectivity index (χ1v) is 4.57. The molecule has 0 saturated heterocycles. The lowest BCUT2D eigenvalue weighted by Gasteiger charge is -2.16. The van der Waals surface area contributed by atoms with Gasteiger partial charge in [-0.05, 0) is 25.5 Å². The number of ketones is 1. The van der Waals surface area contributed by atoms with E-state index in [4.69, 9.17) is 5.73 Å². The van der Waals surface area contributed by atoms with Crippen molar-refractivity contribution >= 4 is 5.78 Å². The number of halogens is 2. The zero-order valence-electron chi connectivity index (χ0n) is 8.68. The molecule has 0 amide bonds. The normalized spacial score (nSPS) is 11.5. The molecule has 0 atom stereocenters. The molecule has 1 rings (SSSR count). The van der Waals surface area contributed by atoms with Crippen molar-refractivity contribution in [2.75, 3.05) is 0 Å². The predicted molar refractivity (Wildman–Crippen MR) is 53.3 cm³/mol. The van der Waals surface area contributed by atoms with Crippen LogP contribution in [0, 0.1) is 11.6 Å². The van der Waals surface area contributed by atoms with Crippen molar-refractivity contribution in [1.29, 1.82) is 0 Å². The van der Waals surface area contributed by atoms with Crippen LogP contribution in [0.2, 0.25) is 0 Å². The molecule has 15 heavy (non-hydrogen) atoms. The molecule has 0 aromatic heterocycles. The molecule has 0 unspecified atom stereocenters. The minimum absolute atomic E-state index is 0.0403. The standard InChI is InChI=1S/C11H13F2NO/c1-11(2,14)9(15)6-7-4-3-5-8(12)10(7)13/h3-5H,6,14H2,1-2H3. The van der Waals surface area contributed by atoms with Gasteiger partial charge in [0.15, 0.2) is 17.4 Å². The van der Waals surface area contributed by atoms with E-state index >= 15 is 0 Å². The van der Waals surface area contributed by atoms with Gasteiger partial charge in [-0.15, -0.1) is 0 Å². The van der Waals surface area contributed by atoms with Gasteiger partial charge < -0.3 is 5.73 Å². The molecule has 0 spiro atoms. The fourth-order valence-corrected chi connectivity index (χ4v) is 1.09. The topological polar surface area (TPSA) is 43.1 Å². The minimum atomic E-state index is -1.03. The van der Waals surface area contributed by atoms with E-state index in [1.165, 1.54) is 26.0 Å². The number of benzene rings is 1. The van der Waals surface area contributed by atoms with Gasteiger partial charge in [0.1, 0.15) is 0 Å². The highest BCUT2D eigenvalue weighted by Crippen LogP contribution is 2.14. The third-order valence-electron chi connectivity index (χ3n) is 2.10. The van der Waals surface area contributed by atoms with Crippen LogP contribution >= 0.6 is 0 Å². The van der Waals surface area contributed by atoms with Crippen LogP contribution in [0.5, 0.6) is 0 Å². The molecular weight excluding hydrogens is 200 g/mol. The number of nitrogens with two attached hydrogens (primary N) is 1. The summed E-state index contributed by atoms with van der Waals surface area (Å²) in [7, 11) is 0. The average molecular weight is 213 g/mol. The van der Waals surface area contributed by atoms with E-state index in [-0.39, 0.29) is 17.8 Å². The van der Waals surface area contributed by atoms with Crippen molar-refractivity contribution in [3.05, 3.63) is 35.4 Å². The lowest BCUT2D eigenvalue weighted by molar-refractivity contribution is -0.122. The van der Waals surface area contributed by atoms with Crippen LogP contribution in [0.3, 0.4) is 0 Å². The molecule has 1 aromatic rings. The van der Waals surface area contributed by atoms with Gasteiger partial charge in [0.2, 0.25) is 0 Å². The summed E-state index contributed by atoms with van der Waals surface area (Å²) in [6.07, 6.45) is -0.187. The number of hydrogen-bond donors (Lipinski definition) is 1. The second kappa shape index (κ2) is 4.06. The van der Waals surface area contributed by atoms with Crippen LogP contribution in [-0.4, -0.2) is 11.3 Å². The van der Waals surface area contributed by atoms with Gasteiger partial charge in [-0.3, -0.25) is 4.79 Å². The molecule has 1 aromatic carbocycles. The lowest BCUT2D eigenvalue weighted by Crippen LogP contribution is -2.42. The minimum Gasteiger partial charge on any atom is -0.319 e. The van der Waals surface area contributed by atoms with Gasteiger partial charge in [0.05, 0.1) is 5.54 Å². The molecule has 2 nitrogen and oxygen atoms in total. The zero-order chi connectivity index (χ0) is 11.6. The van der Waals surface area contributed by atoms with E-state index in [1.807, 2.05) is 0 Å². The van der Waals surface area contributed by atoms with Crippen LogP contribution in [0.1, 0.15) is 19.4 Å². The molecule has 0 aliphatic rings. The van der Waals surface area contributed by atoms with Crippen LogP contribution in [0.25, 0.3) is 0 Å². The fraction of sp³-hybridized carbons (Fsp3) is 0.364. The molecule has 0 bridgehead atoms. The second-order valence-electron chi connectivity index (χ2n) is 4.03. The van der Waals surface area contributed by atoms with Gasteiger partial charge in [-0.1, -0.05) is 12.1 Å². The second-order valence-corrected chi connectivity index (χ2v) is 4.03. The first kappa shape index (κ1) is 11.8. The Hall–Kier alpha value is -1.29. The molecule has 0 aliphatic heterocycles. The summed E-state index contributed by atoms with van der Waals surface area (Å²) in [6, 6.07) is 3.75. The Morgan fingerprint density at radius 1 is 1.40 bits per heavy atom. The highest BCUT2D eigenvalue weighted by molar-refractivity contribution is 5.89. The highest BCUT2D eigenvalue weighted by Gasteiger charge is 2.23. The van der Waals surface area contributed by atoms with Crippen molar-refractivity contribution < 1.29 is 13.6 Å². The van der Waals surface area contributed by atoms with Gasteiger partial charge >= 0.3 is 0 Å². The summed E-state index contributed by atoms with van der Waals surface area (Å²) in [6.45, 7) is 3.07. The smallest absolute Gasteiger partial charge is 0.162 e. The maximum absolute atomic E-state index is 13.2. The molecule has 82 valence electrons. The molecule has 0 aliphatic carbocycles. The Labute approximate surface area is 87.1 Å². The van der Waals surface area contributed by atoms with Crippen molar-refractivity contribution in [2.24, 2.45) is 5.73 Å². The summed E-state index contributed by atoms with van der Waals surface area (Å²) >= 11 is 0. The van der Waals surface area contributed by atoms with E-state index in [1.54, 1.807) is 0 Å². The highest BCUT2D eigenvalue weighted by atomic mass is 19.2. The summed E-state index contributed by atoms with van der Waals surface area (Å²) in [5.41, 5.74) is 4.56. The Morgan fingerprint density at radius 2 is 2.00 bits per heavy atom. The van der Waals surface area contributed by atoms with E-state index in [0.717, 1.165) is 6.07 Å². The van der Waals surface area contributed by atoms with E-state index in [9.17, 15) is 13.6 Å². The van der Waals surface area contributed by atoms with E-state index < -0.39 is 17.2 Å². The molecule has 4 heteroatoms. The lowest BCUT2D eigenvalue weighted by atomic mass is 9.94. The quantitative estimate of drug-likeness (QED) is 0.832. The third kappa shape index (κ3) is 2.83. The predicted octanol–water partition coefficient (Wildman–Crippen LogP) is 1.81. The van der Waals surface area contributed by atoms with Gasteiger partial charge in [0.25, 0.3) is 0 Å². The Morgan fingerprint density at radius 3 is 2.53 bits per heavy atom. The monoisotopic (exact) mass is 213 g/mol. The van der Waals surface area contributed by atoms with E-state index in [0.29, 0.717) is 0 Å². The van der Waals surface area contributed by atoms with Crippen molar-refractivity contribution in [1.82, 2.24) is 0 Å². The molecule has 0 fully saturated rings. The molecular formula is C11H13F2NO. The summed E-state index contributed by atoms with van der Waals surface area (Å²) in [5.74, 6) is -2.25. The summed E-state index contributed by atoms with van der Waals surface area (Å²) in [5, 5.41) is 0. The van der Waals surface area contributed by atoms with Crippen LogP contribution in [-0.2, 0) is 11.2 Å². The fourth-order valence-electron chi connectivity index (χ4n) is 1.09. The summed E-state index contributed by atoms with van der Waals surface area (Å²) in [4.78, 5) is 11.5. The molecule has 0 heterocycles. The summed E-state index contributed by atoms with van der Waals surface area (Å²) < 4.78 is 26.0. The van der Waals surface area contributed by atoms with Crippen LogP contribution in [0.4, 0.5) is 8.78 Å². The largest absolute Gasteiger partial charge is 0.319 e. The third-order valence-corrected chi connectivity index (χ3v) is 2.10. The Bertz CT molecular complexity index is 383. The van der Waals surface area contributed by atoms with Gasteiger partial charge in [0, 0.05) is 6.42 Å². The van der Waals surface area contributed by atoms with Gasteiger partial charge in [-0.2, -0.15) is 0 Å². The van der Waals surface area contributed by atoms with Crippen LogP contribution < -0.4 is 5.73 Å². The van der Waals surface area contributed by atoms with Crippen LogP contribution in [0.15, 0.2) is 18.2 Å². The molecule has 2 N–H and O–H groups in total. The molecule has 0 radical (unpaired) electrons. The average Bonchev–Trinajstić information content (AvgIpc) is 2.11. The number of rotatable bonds is 3. The Balaban J connectivity index is 2.91. The van der Waals surface area contributed by atoms with Gasteiger partial charge in [-0.25, -0.2) is 8.78 Å². The van der Waals surface area contributed by atoms with Crippen molar-refractivity contribution in [3.8, 4) is 0 Å². The number of carbonyl (C=O) groups is 1. The molecule has 0 saturated carbocycles. The zero-order valence-corrected chi connectivity index (χ0v) is 8.68. The van der Waals surface area contributed by atoms with E-state index in [2.05, 4.69) is 0 Å². The number of Topliss-reactive ketones (excluding diaryl/α,β-unsaturated/α-hetero) is 1.